The van der Waals surface area contributed by atoms with Crippen molar-refractivity contribution in [3.8, 4) is 28.7 Å². The van der Waals surface area contributed by atoms with E-state index < -0.39 is 5.97 Å². The van der Waals surface area contributed by atoms with E-state index in [9.17, 15) is 10.1 Å². The average molecular weight is 428 g/mol. The van der Waals surface area contributed by atoms with Crippen LogP contribution < -0.4 is 4.90 Å². The Morgan fingerprint density at radius 1 is 1.22 bits per heavy atom. The van der Waals surface area contributed by atoms with Gasteiger partial charge < -0.3 is 24.3 Å². The van der Waals surface area contributed by atoms with Crippen molar-refractivity contribution in [2.45, 2.75) is 0 Å². The van der Waals surface area contributed by atoms with Gasteiger partial charge in [-0.15, -0.1) is 0 Å². The first-order chi connectivity index (χ1) is 15.5. The number of aromatic nitrogens is 3. The molecule has 1 aliphatic rings. The summed E-state index contributed by atoms with van der Waals surface area (Å²) in [5.74, 6) is -0.946. The summed E-state index contributed by atoms with van der Waals surface area (Å²) in [5.41, 5.74) is 4.38. The number of likely N-dealkylation sites (N-methyl/N-ethyl adjacent to an activating group) is 1. The topological polar surface area (TPSA) is 122 Å². The first kappa shape index (κ1) is 19.8. The van der Waals surface area contributed by atoms with Crippen LogP contribution in [0, 0.1) is 11.3 Å². The van der Waals surface area contributed by atoms with Crippen LogP contribution in [0.2, 0.25) is 0 Å². The lowest BCUT2D eigenvalue weighted by molar-refractivity contribution is 0.0690. The number of hydrogen-bond acceptors (Lipinski definition) is 7. The third-order valence-corrected chi connectivity index (χ3v) is 5.78. The molecule has 160 valence electrons. The second-order valence-corrected chi connectivity index (χ2v) is 7.80. The van der Waals surface area contributed by atoms with E-state index in [2.05, 4.69) is 37.9 Å². The van der Waals surface area contributed by atoms with Crippen molar-refractivity contribution in [3.05, 3.63) is 54.2 Å². The highest BCUT2D eigenvalue weighted by Crippen LogP contribution is 2.32. The largest absolute Gasteiger partial charge is 0.476 e. The monoisotopic (exact) mass is 428 g/mol. The molecule has 1 aliphatic heterocycles. The molecule has 1 aromatic carbocycles. The van der Waals surface area contributed by atoms with Crippen molar-refractivity contribution in [2.75, 3.05) is 38.1 Å². The first-order valence-corrected chi connectivity index (χ1v) is 10.2. The van der Waals surface area contributed by atoms with Crippen molar-refractivity contribution in [1.82, 2.24) is 19.9 Å². The average Bonchev–Trinajstić information content (AvgIpc) is 3.46. The number of hydrogen-bond donors (Lipinski definition) is 2. The minimum absolute atomic E-state index is 0.156. The predicted octanol–water partition coefficient (Wildman–Crippen LogP) is 3.21. The lowest BCUT2D eigenvalue weighted by Crippen LogP contribution is -2.44. The van der Waals surface area contributed by atoms with E-state index in [-0.39, 0.29) is 11.6 Å². The van der Waals surface area contributed by atoms with Gasteiger partial charge in [0.05, 0.1) is 16.8 Å². The zero-order valence-electron chi connectivity index (χ0n) is 17.4. The third-order valence-electron chi connectivity index (χ3n) is 5.78. The number of benzene rings is 1. The number of piperazine rings is 1. The van der Waals surface area contributed by atoms with Gasteiger partial charge in [-0.1, -0.05) is 6.07 Å². The van der Waals surface area contributed by atoms with Gasteiger partial charge in [-0.3, -0.25) is 0 Å². The van der Waals surface area contributed by atoms with Gasteiger partial charge >= 0.3 is 5.97 Å². The highest BCUT2D eigenvalue weighted by atomic mass is 16.4. The number of anilines is 1. The SMILES string of the molecule is CN1CCN(c2ccc(-c3cnc4[nH]cc(-c5nc(C(=O)O)co5)c4c3)cc2C#N)CC1. The number of aromatic amines is 1. The zero-order valence-corrected chi connectivity index (χ0v) is 17.4. The maximum Gasteiger partial charge on any atom is 0.357 e. The van der Waals surface area contributed by atoms with Crippen molar-refractivity contribution >= 4 is 22.7 Å². The van der Waals surface area contributed by atoms with Gasteiger partial charge in [-0.25, -0.2) is 14.8 Å². The second-order valence-electron chi connectivity index (χ2n) is 7.80. The predicted molar refractivity (Wildman–Crippen MR) is 118 cm³/mol. The van der Waals surface area contributed by atoms with Crippen molar-refractivity contribution in [2.24, 2.45) is 0 Å². The number of aromatic carboxylic acids is 1. The van der Waals surface area contributed by atoms with Gasteiger partial charge in [-0.05, 0) is 30.8 Å². The Labute approximate surface area is 183 Å². The number of pyridine rings is 1. The zero-order chi connectivity index (χ0) is 22.2. The number of nitrogens with zero attached hydrogens (tertiary/aromatic N) is 5. The third kappa shape index (κ3) is 3.46. The van der Waals surface area contributed by atoms with Crippen LogP contribution in [0.3, 0.4) is 0 Å². The Morgan fingerprint density at radius 2 is 2.03 bits per heavy atom. The number of H-pyrrole nitrogens is 1. The van der Waals surface area contributed by atoms with Gasteiger partial charge in [0.25, 0.3) is 0 Å². The van der Waals surface area contributed by atoms with Crippen LogP contribution in [0.25, 0.3) is 33.6 Å². The molecule has 4 aromatic rings. The van der Waals surface area contributed by atoms with Gasteiger partial charge in [0.1, 0.15) is 18.0 Å². The molecule has 0 spiro atoms. The molecule has 5 rings (SSSR count). The maximum absolute atomic E-state index is 11.1. The summed E-state index contributed by atoms with van der Waals surface area (Å²) in [6.07, 6.45) is 4.55. The second kappa shape index (κ2) is 7.83. The van der Waals surface area contributed by atoms with Gasteiger partial charge in [0, 0.05) is 49.5 Å². The number of oxazole rings is 1. The number of nitriles is 1. The van der Waals surface area contributed by atoms with Crippen LogP contribution in [0.5, 0.6) is 0 Å². The summed E-state index contributed by atoms with van der Waals surface area (Å²) < 4.78 is 5.36. The Hall–Kier alpha value is -4.16. The van der Waals surface area contributed by atoms with E-state index in [0.29, 0.717) is 16.8 Å². The van der Waals surface area contributed by atoms with Gasteiger partial charge in [-0.2, -0.15) is 5.26 Å². The maximum atomic E-state index is 11.1. The molecule has 0 saturated carbocycles. The van der Waals surface area contributed by atoms with Crippen molar-refractivity contribution < 1.29 is 14.3 Å². The number of fused-ring (bicyclic) bond motifs is 1. The summed E-state index contributed by atoms with van der Waals surface area (Å²) in [7, 11) is 2.10. The van der Waals surface area contributed by atoms with E-state index in [1.165, 1.54) is 0 Å². The number of carboxylic acid groups (broad SMARTS) is 1. The number of carboxylic acids is 1. The smallest absolute Gasteiger partial charge is 0.357 e. The van der Waals surface area contributed by atoms with Crippen LogP contribution in [0.1, 0.15) is 16.1 Å². The Balaban J connectivity index is 1.52. The molecule has 2 N–H and O–H groups in total. The summed E-state index contributed by atoms with van der Waals surface area (Å²) >= 11 is 0. The van der Waals surface area contributed by atoms with E-state index in [4.69, 9.17) is 9.52 Å². The number of carbonyl (C=O) groups is 1. The molecule has 9 nitrogen and oxygen atoms in total. The fourth-order valence-corrected chi connectivity index (χ4v) is 3.96. The van der Waals surface area contributed by atoms with Gasteiger partial charge in [0.15, 0.2) is 5.69 Å². The lowest BCUT2D eigenvalue weighted by Gasteiger charge is -2.34. The molecule has 1 fully saturated rings. The fraction of sp³-hybridized carbons (Fsp3) is 0.217. The number of rotatable bonds is 4. The molecular formula is C23H20N6O3. The summed E-state index contributed by atoms with van der Waals surface area (Å²) in [5, 5.41) is 19.6. The molecular weight excluding hydrogens is 408 g/mol. The summed E-state index contributed by atoms with van der Waals surface area (Å²) in [4.78, 5) is 27.2. The lowest BCUT2D eigenvalue weighted by atomic mass is 10.0. The molecule has 0 bridgehead atoms. The molecule has 0 atom stereocenters. The molecule has 3 aromatic heterocycles. The van der Waals surface area contributed by atoms with E-state index in [1.54, 1.807) is 12.4 Å². The van der Waals surface area contributed by atoms with Crippen LogP contribution in [-0.2, 0) is 0 Å². The summed E-state index contributed by atoms with van der Waals surface area (Å²) in [6, 6.07) is 10.1. The molecule has 4 heterocycles. The van der Waals surface area contributed by atoms with Crippen LogP contribution in [-0.4, -0.2) is 64.2 Å². The van der Waals surface area contributed by atoms with E-state index >= 15 is 0 Å². The van der Waals surface area contributed by atoms with E-state index in [0.717, 1.165) is 54.6 Å². The molecule has 0 amide bonds. The van der Waals surface area contributed by atoms with E-state index in [1.807, 2.05) is 24.3 Å². The Bertz CT molecular complexity index is 1360. The number of nitrogens with one attached hydrogen (secondary N) is 1. The highest BCUT2D eigenvalue weighted by Gasteiger charge is 2.19. The summed E-state index contributed by atoms with van der Waals surface area (Å²) in [6.45, 7) is 3.71. The Morgan fingerprint density at radius 3 is 2.75 bits per heavy atom. The molecule has 0 radical (unpaired) electrons. The fourth-order valence-electron chi connectivity index (χ4n) is 3.96. The van der Waals surface area contributed by atoms with Crippen molar-refractivity contribution in [3.63, 3.8) is 0 Å². The molecule has 32 heavy (non-hydrogen) atoms. The normalized spacial score (nSPS) is 14.6. The van der Waals surface area contributed by atoms with Crippen LogP contribution >= 0.6 is 0 Å². The Kier molecular flexibility index (Phi) is 4.84. The molecule has 0 unspecified atom stereocenters. The minimum Gasteiger partial charge on any atom is -0.476 e. The highest BCUT2D eigenvalue weighted by molar-refractivity contribution is 5.94. The van der Waals surface area contributed by atoms with Crippen molar-refractivity contribution in [1.29, 1.82) is 5.26 Å². The minimum atomic E-state index is -1.15. The molecule has 9 heteroatoms. The van der Waals surface area contributed by atoms with Crippen LogP contribution in [0.15, 0.2) is 47.3 Å². The van der Waals surface area contributed by atoms with Crippen LogP contribution in [0.4, 0.5) is 5.69 Å². The molecule has 1 saturated heterocycles. The first-order valence-electron chi connectivity index (χ1n) is 10.2. The quantitative estimate of drug-likeness (QED) is 0.508. The van der Waals surface area contributed by atoms with Gasteiger partial charge in [0.2, 0.25) is 5.89 Å². The standard InChI is InChI=1S/C23H20N6O3/c1-28-4-6-29(7-5-28)20-3-2-14(8-15(20)10-24)16-9-17-18(12-26-21(17)25-11-16)22-27-19(13-32-22)23(30)31/h2-3,8-9,11-13H,4-7H2,1H3,(H,25,26)(H,30,31). The molecule has 0 aliphatic carbocycles.